The zero-order chi connectivity index (χ0) is 8.81. The van der Waals surface area contributed by atoms with Gasteiger partial charge in [-0.15, -0.1) is 5.73 Å². The summed E-state index contributed by atoms with van der Waals surface area (Å²) in [7, 11) is 0. The summed E-state index contributed by atoms with van der Waals surface area (Å²) in [6.45, 7) is 4.00. The smallest absolute Gasteiger partial charge is 0.0413 e. The molecule has 1 aromatic rings. The van der Waals surface area contributed by atoms with Gasteiger partial charge in [0.25, 0.3) is 0 Å². The van der Waals surface area contributed by atoms with E-state index in [1.165, 1.54) is 10.5 Å². The third-order valence-electron chi connectivity index (χ3n) is 1.31. The van der Waals surface area contributed by atoms with Gasteiger partial charge in [0.2, 0.25) is 0 Å². The van der Waals surface area contributed by atoms with Crippen LogP contribution in [0, 0.1) is 0 Å². The molecule has 2 rings (SSSR count). The molecule has 0 aliphatic carbocycles. The summed E-state index contributed by atoms with van der Waals surface area (Å²) in [5.41, 5.74) is 4.24. The molecular formula is C10H11NS. The van der Waals surface area contributed by atoms with E-state index in [1.807, 2.05) is 37.6 Å². The predicted molar refractivity (Wildman–Crippen MR) is 54.0 cm³/mol. The minimum absolute atomic E-state index is 1.21. The number of pyridine rings is 1. The zero-order valence-corrected chi connectivity index (χ0v) is 8.06. The van der Waals surface area contributed by atoms with Gasteiger partial charge in [0, 0.05) is 22.7 Å². The van der Waals surface area contributed by atoms with Crippen LogP contribution in [-0.2, 0) is 0 Å². The molecule has 2 heterocycles. The van der Waals surface area contributed by atoms with E-state index in [0.717, 1.165) is 0 Å². The highest BCUT2D eigenvalue weighted by atomic mass is 32.2. The first-order chi connectivity index (χ1) is 5.97. The van der Waals surface area contributed by atoms with Crippen molar-refractivity contribution in [3.05, 3.63) is 35.2 Å². The molecule has 2 heteroatoms. The zero-order valence-electron chi connectivity index (χ0n) is 7.24. The molecule has 0 unspecified atom stereocenters. The first-order valence-electron chi connectivity index (χ1n) is 3.98. The maximum atomic E-state index is 4.01. The second-order valence-electron chi connectivity index (χ2n) is 1.96. The molecule has 0 amide bonds. The average molecular weight is 177 g/mol. The largest absolute Gasteiger partial charge is 0.264 e. The summed E-state index contributed by atoms with van der Waals surface area (Å²) in [6, 6.07) is 1.99. The summed E-state index contributed by atoms with van der Waals surface area (Å²) >= 11 is 1.66. The minimum Gasteiger partial charge on any atom is -0.264 e. The van der Waals surface area contributed by atoms with Gasteiger partial charge in [0.05, 0.1) is 0 Å². The fraction of sp³-hybridized carbons (Fsp3) is 0.200. The molecule has 0 N–H and O–H groups in total. The minimum atomic E-state index is 1.21. The molecule has 0 atom stereocenters. The van der Waals surface area contributed by atoms with Gasteiger partial charge in [0.15, 0.2) is 0 Å². The lowest BCUT2D eigenvalue weighted by atomic mass is 10.2. The van der Waals surface area contributed by atoms with Crippen LogP contribution in [0.25, 0.3) is 6.08 Å². The third kappa shape index (κ3) is 2.00. The van der Waals surface area contributed by atoms with Crippen LogP contribution in [-0.4, -0.2) is 4.98 Å². The van der Waals surface area contributed by atoms with E-state index in [4.69, 9.17) is 0 Å². The summed E-state index contributed by atoms with van der Waals surface area (Å²) in [5, 5.41) is 1.93. The molecule has 0 aromatic carbocycles. The van der Waals surface area contributed by atoms with Crippen molar-refractivity contribution in [2.24, 2.45) is 0 Å². The Bertz CT molecular complexity index is 311. The lowest BCUT2D eigenvalue weighted by Gasteiger charge is -2.01. The first-order valence-corrected chi connectivity index (χ1v) is 4.86. The Morgan fingerprint density at radius 2 is 2.25 bits per heavy atom. The van der Waals surface area contributed by atoms with Gasteiger partial charge in [0.1, 0.15) is 0 Å². The lowest BCUT2D eigenvalue weighted by molar-refractivity contribution is 1.23. The van der Waals surface area contributed by atoms with E-state index < -0.39 is 0 Å². The van der Waals surface area contributed by atoms with Gasteiger partial charge in [-0.05, 0) is 17.7 Å². The van der Waals surface area contributed by atoms with E-state index in [9.17, 15) is 0 Å². The predicted octanol–water partition coefficient (Wildman–Crippen LogP) is 3.34. The van der Waals surface area contributed by atoms with Crippen LogP contribution < -0.4 is 0 Å². The van der Waals surface area contributed by atoms with Crippen LogP contribution in [0.5, 0.6) is 0 Å². The average Bonchev–Trinajstić information content (AvgIpc) is 2.21. The summed E-state index contributed by atoms with van der Waals surface area (Å²) in [5.74, 6) is 0. The summed E-state index contributed by atoms with van der Waals surface area (Å²) in [4.78, 5) is 5.22. The van der Waals surface area contributed by atoms with E-state index in [0.29, 0.717) is 0 Å². The molecule has 1 aliphatic heterocycles. The highest BCUT2D eigenvalue weighted by Crippen LogP contribution is 2.25. The van der Waals surface area contributed by atoms with Gasteiger partial charge in [-0.1, -0.05) is 25.6 Å². The van der Waals surface area contributed by atoms with Gasteiger partial charge >= 0.3 is 0 Å². The quantitative estimate of drug-likeness (QED) is 0.564. The van der Waals surface area contributed by atoms with Gasteiger partial charge in [-0.25, -0.2) is 0 Å². The van der Waals surface area contributed by atoms with Crippen molar-refractivity contribution in [3.63, 3.8) is 0 Å². The molecule has 1 aliphatic rings. The number of aromatic nitrogens is 1. The van der Waals surface area contributed by atoms with Crippen molar-refractivity contribution in [1.82, 2.24) is 4.98 Å². The number of hydrogen-bond donors (Lipinski definition) is 0. The molecule has 62 valence electrons. The van der Waals surface area contributed by atoms with Crippen LogP contribution in [0.1, 0.15) is 19.4 Å². The standard InChI is InChI=1S/C8H5NS.C2H6/c1-2-7-3-4-9-6-8(7)10-5-1;1-2/h2-6H;1-2H3. The van der Waals surface area contributed by atoms with E-state index >= 15 is 0 Å². The molecule has 1 nitrogen and oxygen atoms in total. The Kier molecular flexibility index (Phi) is 3.65. The van der Waals surface area contributed by atoms with Crippen LogP contribution in [0.15, 0.2) is 34.5 Å². The Balaban J connectivity index is 0.000000336. The van der Waals surface area contributed by atoms with Crippen molar-refractivity contribution >= 4 is 17.8 Å². The molecule has 12 heavy (non-hydrogen) atoms. The maximum absolute atomic E-state index is 4.01. The lowest BCUT2D eigenvalue weighted by Crippen LogP contribution is -1.80. The molecule has 0 radical (unpaired) electrons. The van der Waals surface area contributed by atoms with Crippen molar-refractivity contribution in [1.29, 1.82) is 0 Å². The Morgan fingerprint density at radius 3 is 3.00 bits per heavy atom. The molecule has 0 bridgehead atoms. The van der Waals surface area contributed by atoms with Crippen LogP contribution in [0.3, 0.4) is 0 Å². The van der Waals surface area contributed by atoms with Crippen LogP contribution in [0.4, 0.5) is 0 Å². The highest BCUT2D eigenvalue weighted by molar-refractivity contribution is 8.02. The summed E-state index contributed by atoms with van der Waals surface area (Å²) in [6.07, 6.45) is 5.63. The van der Waals surface area contributed by atoms with Gasteiger partial charge in [-0.2, -0.15) is 0 Å². The third-order valence-corrected chi connectivity index (χ3v) is 2.16. The Morgan fingerprint density at radius 1 is 1.42 bits per heavy atom. The van der Waals surface area contributed by atoms with Crippen LogP contribution >= 0.6 is 11.8 Å². The molecule has 0 saturated carbocycles. The SMILES string of the molecule is C1=CSc2cnccc2C=1.CC. The molecular weight excluding hydrogens is 166 g/mol. The second kappa shape index (κ2) is 4.81. The Hall–Kier alpha value is -0.980. The molecule has 1 aromatic heterocycles. The van der Waals surface area contributed by atoms with E-state index in [-0.39, 0.29) is 0 Å². The normalized spacial score (nSPS) is 11.5. The van der Waals surface area contributed by atoms with Gasteiger partial charge < -0.3 is 0 Å². The molecule has 0 spiro atoms. The van der Waals surface area contributed by atoms with Crippen molar-refractivity contribution in [2.45, 2.75) is 18.7 Å². The Labute approximate surface area is 77.2 Å². The van der Waals surface area contributed by atoms with Crippen molar-refractivity contribution in [3.8, 4) is 0 Å². The number of fused-ring (bicyclic) bond motifs is 1. The molecule has 0 fully saturated rings. The fourth-order valence-electron chi connectivity index (χ4n) is 0.830. The highest BCUT2D eigenvalue weighted by Gasteiger charge is 1.99. The summed E-state index contributed by atoms with van der Waals surface area (Å²) < 4.78 is 0. The topological polar surface area (TPSA) is 12.9 Å². The van der Waals surface area contributed by atoms with Crippen molar-refractivity contribution < 1.29 is 0 Å². The monoisotopic (exact) mass is 177 g/mol. The van der Waals surface area contributed by atoms with Crippen LogP contribution in [0.2, 0.25) is 0 Å². The fourth-order valence-corrected chi connectivity index (χ4v) is 1.48. The number of rotatable bonds is 0. The second-order valence-corrected chi connectivity index (χ2v) is 2.87. The number of thioether (sulfide) groups is 1. The number of hydrogen-bond acceptors (Lipinski definition) is 2. The maximum Gasteiger partial charge on any atom is 0.0413 e. The molecule has 0 saturated heterocycles. The van der Waals surface area contributed by atoms with Crippen molar-refractivity contribution in [2.75, 3.05) is 0 Å². The van der Waals surface area contributed by atoms with E-state index in [2.05, 4.69) is 10.7 Å². The number of nitrogens with zero attached hydrogens (tertiary/aromatic N) is 1. The first kappa shape index (κ1) is 9.11. The van der Waals surface area contributed by atoms with Gasteiger partial charge in [-0.3, -0.25) is 4.98 Å². The van der Waals surface area contributed by atoms with E-state index in [1.54, 1.807) is 18.0 Å².